The van der Waals surface area contributed by atoms with E-state index < -0.39 is 5.82 Å². The van der Waals surface area contributed by atoms with E-state index in [0.717, 1.165) is 25.1 Å². The van der Waals surface area contributed by atoms with Gasteiger partial charge >= 0.3 is 0 Å². The van der Waals surface area contributed by atoms with Crippen molar-refractivity contribution < 1.29 is 18.7 Å². The molecule has 1 saturated heterocycles. The molecule has 2 heterocycles. The second-order valence-corrected chi connectivity index (χ2v) is 6.86. The van der Waals surface area contributed by atoms with Crippen molar-refractivity contribution in [2.75, 3.05) is 19.7 Å². The minimum atomic E-state index is -0.455. The van der Waals surface area contributed by atoms with E-state index in [2.05, 4.69) is 4.98 Å². The number of rotatable bonds is 5. The van der Waals surface area contributed by atoms with Crippen molar-refractivity contribution in [1.82, 2.24) is 9.88 Å². The predicted molar refractivity (Wildman–Crippen MR) is 93.3 cm³/mol. The summed E-state index contributed by atoms with van der Waals surface area (Å²) in [5, 5.41) is 0. The highest BCUT2D eigenvalue weighted by Gasteiger charge is 2.45. The average molecular weight is 356 g/mol. The summed E-state index contributed by atoms with van der Waals surface area (Å²) < 4.78 is 25.0. The van der Waals surface area contributed by atoms with Crippen LogP contribution in [0.4, 0.5) is 4.39 Å². The lowest BCUT2D eigenvalue weighted by Gasteiger charge is -2.22. The van der Waals surface area contributed by atoms with Crippen molar-refractivity contribution in [3.63, 3.8) is 0 Å². The lowest BCUT2D eigenvalue weighted by Crippen LogP contribution is -2.35. The van der Waals surface area contributed by atoms with Crippen LogP contribution in [-0.2, 0) is 4.79 Å². The molecule has 4 rings (SSSR count). The summed E-state index contributed by atoms with van der Waals surface area (Å²) >= 11 is 0. The molecule has 1 aliphatic heterocycles. The van der Waals surface area contributed by atoms with Crippen LogP contribution in [0.5, 0.6) is 11.5 Å². The maximum atomic E-state index is 13.6. The third-order valence-corrected chi connectivity index (χ3v) is 5.25. The Hall–Kier alpha value is -2.63. The topological polar surface area (TPSA) is 51.7 Å². The molecule has 3 atom stereocenters. The number of fused-ring (bicyclic) bond motifs is 1. The number of para-hydroxylation sites is 1. The van der Waals surface area contributed by atoms with E-state index >= 15 is 0 Å². The maximum Gasteiger partial charge on any atom is 0.260 e. The van der Waals surface area contributed by atoms with Gasteiger partial charge in [-0.1, -0.05) is 12.1 Å². The average Bonchev–Trinajstić information content (AvgIpc) is 3.24. The number of amides is 1. The van der Waals surface area contributed by atoms with Crippen LogP contribution in [-0.4, -0.2) is 41.6 Å². The van der Waals surface area contributed by atoms with Crippen LogP contribution in [0.25, 0.3) is 0 Å². The van der Waals surface area contributed by atoms with E-state index in [1.807, 2.05) is 17.0 Å². The molecule has 2 fully saturated rings. The van der Waals surface area contributed by atoms with Gasteiger partial charge in [0, 0.05) is 25.2 Å². The van der Waals surface area contributed by atoms with Crippen molar-refractivity contribution in [1.29, 1.82) is 0 Å². The first-order valence-electron chi connectivity index (χ1n) is 8.92. The van der Waals surface area contributed by atoms with E-state index in [1.165, 1.54) is 12.1 Å². The molecule has 1 aromatic heterocycles. The van der Waals surface area contributed by atoms with Gasteiger partial charge in [-0.15, -0.1) is 0 Å². The Labute approximate surface area is 151 Å². The number of nitrogens with zero attached hydrogens (tertiary/aromatic N) is 2. The highest BCUT2D eigenvalue weighted by atomic mass is 19.1. The quantitative estimate of drug-likeness (QED) is 0.827. The Morgan fingerprint density at radius 2 is 2.08 bits per heavy atom. The normalized spacial score (nSPS) is 24.3. The predicted octanol–water partition coefficient (Wildman–Crippen LogP) is 2.92. The molecule has 0 radical (unpaired) electrons. The number of hydrogen-bond acceptors (Lipinski definition) is 4. The molecule has 2 aliphatic rings. The summed E-state index contributed by atoms with van der Waals surface area (Å²) in [5.74, 6) is 1.09. The largest absolute Gasteiger partial charge is 0.488 e. The highest BCUT2D eigenvalue weighted by molar-refractivity contribution is 5.78. The van der Waals surface area contributed by atoms with Gasteiger partial charge in [0.1, 0.15) is 11.9 Å². The number of carbonyl (C=O) groups excluding carboxylic acids is 1. The van der Waals surface area contributed by atoms with E-state index in [9.17, 15) is 9.18 Å². The van der Waals surface area contributed by atoms with Crippen LogP contribution < -0.4 is 9.47 Å². The minimum absolute atomic E-state index is 0.106. The molecule has 1 saturated carbocycles. The molecule has 1 amide bonds. The Morgan fingerprint density at radius 3 is 2.88 bits per heavy atom. The molecular formula is C20H21FN2O3. The number of hydrogen-bond donors (Lipinski definition) is 0. The van der Waals surface area contributed by atoms with Gasteiger partial charge in [0.25, 0.3) is 5.91 Å². The summed E-state index contributed by atoms with van der Waals surface area (Å²) in [6, 6.07) is 9.88. The zero-order valence-corrected chi connectivity index (χ0v) is 14.4. The number of halogens is 1. The molecule has 6 heteroatoms. The van der Waals surface area contributed by atoms with Gasteiger partial charge < -0.3 is 14.4 Å². The first kappa shape index (κ1) is 16.8. The van der Waals surface area contributed by atoms with Crippen LogP contribution in [0, 0.1) is 17.7 Å². The zero-order valence-electron chi connectivity index (χ0n) is 14.4. The van der Waals surface area contributed by atoms with Gasteiger partial charge in [-0.05, 0) is 43.0 Å². The number of aromatic nitrogens is 1. The molecule has 1 aliphatic carbocycles. The Balaban J connectivity index is 1.33. The van der Waals surface area contributed by atoms with Gasteiger partial charge in [0.15, 0.2) is 18.2 Å². The number of benzene rings is 1. The number of ether oxygens (including phenoxy) is 2. The highest BCUT2D eigenvalue weighted by Crippen LogP contribution is 2.40. The van der Waals surface area contributed by atoms with Crippen LogP contribution in [0.1, 0.15) is 12.8 Å². The summed E-state index contributed by atoms with van der Waals surface area (Å²) in [5.41, 5.74) is 0. The maximum absolute atomic E-state index is 13.6. The fourth-order valence-electron chi connectivity index (χ4n) is 3.95. The fourth-order valence-corrected chi connectivity index (χ4v) is 3.95. The number of likely N-dealkylation sites (tertiary alicyclic amines) is 1. The molecule has 26 heavy (non-hydrogen) atoms. The zero-order chi connectivity index (χ0) is 17.9. The molecule has 2 aromatic rings. The van der Waals surface area contributed by atoms with Crippen molar-refractivity contribution in [2.24, 2.45) is 11.8 Å². The standard InChI is InChI=1S/C20H21FN2O3/c21-17-5-1-2-6-19(17)25-13-20(24)23-11-14-7-8-18(16(14)12-23)26-15-4-3-9-22-10-15/h1-6,9-10,14,16,18H,7-8,11-13H2/t14-,16+,18+/m1/s1. The Bertz CT molecular complexity index is 771. The number of pyridine rings is 1. The Kier molecular flexibility index (Phi) is 4.73. The van der Waals surface area contributed by atoms with Crippen molar-refractivity contribution in [3.05, 3.63) is 54.6 Å². The van der Waals surface area contributed by atoms with E-state index in [-0.39, 0.29) is 24.4 Å². The van der Waals surface area contributed by atoms with Gasteiger partial charge in [-0.2, -0.15) is 0 Å². The first-order valence-corrected chi connectivity index (χ1v) is 8.92. The molecule has 1 aromatic carbocycles. The second kappa shape index (κ2) is 7.32. The summed E-state index contributed by atoms with van der Waals surface area (Å²) in [6.07, 6.45) is 5.59. The molecular weight excluding hydrogens is 335 g/mol. The molecule has 0 bridgehead atoms. The Morgan fingerprint density at radius 1 is 1.19 bits per heavy atom. The molecule has 5 nitrogen and oxygen atoms in total. The van der Waals surface area contributed by atoms with Crippen molar-refractivity contribution in [2.45, 2.75) is 18.9 Å². The molecule has 0 unspecified atom stereocenters. The van der Waals surface area contributed by atoms with Crippen molar-refractivity contribution in [3.8, 4) is 11.5 Å². The lowest BCUT2D eigenvalue weighted by molar-refractivity contribution is -0.132. The van der Waals surface area contributed by atoms with E-state index in [4.69, 9.17) is 9.47 Å². The summed E-state index contributed by atoms with van der Waals surface area (Å²) in [7, 11) is 0. The van der Waals surface area contributed by atoms with Gasteiger partial charge in [-0.3, -0.25) is 9.78 Å². The molecule has 0 N–H and O–H groups in total. The van der Waals surface area contributed by atoms with E-state index in [1.54, 1.807) is 24.5 Å². The third kappa shape index (κ3) is 3.49. The summed E-state index contributed by atoms with van der Waals surface area (Å²) in [4.78, 5) is 18.3. The lowest BCUT2D eigenvalue weighted by atomic mass is 9.99. The minimum Gasteiger partial charge on any atom is -0.488 e. The SMILES string of the molecule is O=C(COc1ccccc1F)N1C[C@H]2CC[C@H](Oc3cccnc3)[C@H]2C1. The fraction of sp³-hybridized carbons (Fsp3) is 0.400. The van der Waals surface area contributed by atoms with E-state index in [0.29, 0.717) is 18.4 Å². The summed E-state index contributed by atoms with van der Waals surface area (Å²) in [6.45, 7) is 1.24. The molecule has 0 spiro atoms. The van der Waals surface area contributed by atoms with Gasteiger partial charge in [-0.25, -0.2) is 4.39 Å². The monoisotopic (exact) mass is 356 g/mol. The van der Waals surface area contributed by atoms with Crippen LogP contribution in [0.15, 0.2) is 48.8 Å². The third-order valence-electron chi connectivity index (χ3n) is 5.25. The van der Waals surface area contributed by atoms with Gasteiger partial charge in [0.2, 0.25) is 0 Å². The van der Waals surface area contributed by atoms with Crippen LogP contribution >= 0.6 is 0 Å². The van der Waals surface area contributed by atoms with Crippen LogP contribution in [0.2, 0.25) is 0 Å². The van der Waals surface area contributed by atoms with Crippen LogP contribution in [0.3, 0.4) is 0 Å². The number of carbonyl (C=O) groups is 1. The molecule has 136 valence electrons. The smallest absolute Gasteiger partial charge is 0.260 e. The second-order valence-electron chi connectivity index (χ2n) is 6.86. The first-order chi connectivity index (χ1) is 12.7. The van der Waals surface area contributed by atoms with Gasteiger partial charge in [0.05, 0.1) is 6.20 Å². The van der Waals surface area contributed by atoms with Crippen molar-refractivity contribution >= 4 is 5.91 Å².